The van der Waals surface area contributed by atoms with Crippen LogP contribution in [0.25, 0.3) is 0 Å². The van der Waals surface area contributed by atoms with Crippen molar-refractivity contribution in [2.24, 2.45) is 5.92 Å². The molecule has 11 heteroatoms. The SMILES string of the molecule is CN(CC#N)C(=O)[C@@H]1[C@H]2CC[C@H](C2)N1c1cc(C(F)(F)F)cc(C(F)(F)F)n1. The lowest BCUT2D eigenvalue weighted by Crippen LogP contribution is -2.51. The molecule has 1 amide bonds. The molecule has 1 aliphatic heterocycles. The second-order valence-electron chi connectivity index (χ2n) is 7.03. The van der Waals surface area contributed by atoms with E-state index in [9.17, 15) is 31.1 Å². The summed E-state index contributed by atoms with van der Waals surface area (Å²) in [4.78, 5) is 18.5. The van der Waals surface area contributed by atoms with E-state index < -0.39 is 41.4 Å². The van der Waals surface area contributed by atoms with Crippen LogP contribution in [0.4, 0.5) is 32.2 Å². The number of carbonyl (C=O) groups is 1. The average Bonchev–Trinajstić information content (AvgIpc) is 3.20. The van der Waals surface area contributed by atoms with Gasteiger partial charge in [-0.2, -0.15) is 31.6 Å². The molecule has 2 aliphatic rings. The van der Waals surface area contributed by atoms with Crippen molar-refractivity contribution in [1.82, 2.24) is 9.88 Å². The lowest BCUT2D eigenvalue weighted by Gasteiger charge is -2.37. The molecule has 1 saturated heterocycles. The minimum Gasteiger partial charge on any atom is -0.341 e. The van der Waals surface area contributed by atoms with Gasteiger partial charge in [-0.1, -0.05) is 0 Å². The predicted molar refractivity (Wildman–Crippen MR) is 84.9 cm³/mol. The van der Waals surface area contributed by atoms with Crippen molar-refractivity contribution in [3.63, 3.8) is 0 Å². The van der Waals surface area contributed by atoms with Gasteiger partial charge in [-0.05, 0) is 37.3 Å². The van der Waals surface area contributed by atoms with Crippen LogP contribution in [-0.4, -0.2) is 41.5 Å². The number of nitriles is 1. The second kappa shape index (κ2) is 6.83. The Kier molecular flexibility index (Phi) is 4.93. The maximum Gasteiger partial charge on any atom is 0.433 e. The Morgan fingerprint density at radius 3 is 2.50 bits per heavy atom. The third-order valence-electron chi connectivity index (χ3n) is 5.22. The highest BCUT2D eigenvalue weighted by Gasteiger charge is 2.51. The summed E-state index contributed by atoms with van der Waals surface area (Å²) in [5, 5.41) is 8.78. The average molecular weight is 406 g/mol. The van der Waals surface area contributed by atoms with Gasteiger partial charge in [-0.25, -0.2) is 4.98 Å². The molecule has 1 saturated carbocycles. The van der Waals surface area contributed by atoms with Crippen LogP contribution in [0.2, 0.25) is 0 Å². The molecule has 152 valence electrons. The van der Waals surface area contributed by atoms with Crippen molar-refractivity contribution < 1.29 is 31.1 Å². The lowest BCUT2D eigenvalue weighted by molar-refractivity contribution is -0.145. The highest BCUT2D eigenvalue weighted by molar-refractivity contribution is 5.86. The van der Waals surface area contributed by atoms with E-state index in [1.807, 2.05) is 0 Å². The van der Waals surface area contributed by atoms with Crippen LogP contribution in [-0.2, 0) is 17.1 Å². The molecule has 2 fully saturated rings. The fourth-order valence-corrected chi connectivity index (χ4v) is 4.00. The number of fused-ring (bicyclic) bond motifs is 2. The number of nitrogens with zero attached hydrogens (tertiary/aromatic N) is 4. The molecule has 0 unspecified atom stereocenters. The number of rotatable bonds is 3. The maximum absolute atomic E-state index is 13.2. The summed E-state index contributed by atoms with van der Waals surface area (Å²) in [6.45, 7) is -0.232. The zero-order valence-electron chi connectivity index (χ0n) is 14.7. The molecule has 0 spiro atoms. The second-order valence-corrected chi connectivity index (χ2v) is 7.03. The first-order valence-corrected chi connectivity index (χ1v) is 8.50. The third-order valence-corrected chi connectivity index (χ3v) is 5.22. The van der Waals surface area contributed by atoms with Gasteiger partial charge in [0.1, 0.15) is 24.1 Å². The Hall–Kier alpha value is -2.51. The van der Waals surface area contributed by atoms with Gasteiger partial charge in [0, 0.05) is 13.1 Å². The topological polar surface area (TPSA) is 60.2 Å². The molecule has 0 aromatic carbocycles. The van der Waals surface area contributed by atoms with Gasteiger partial charge in [0.05, 0.1) is 11.6 Å². The summed E-state index contributed by atoms with van der Waals surface area (Å²) >= 11 is 0. The number of amides is 1. The molecule has 0 N–H and O–H groups in total. The van der Waals surface area contributed by atoms with Crippen molar-refractivity contribution in [2.45, 2.75) is 43.7 Å². The van der Waals surface area contributed by atoms with Crippen LogP contribution in [0.5, 0.6) is 0 Å². The van der Waals surface area contributed by atoms with E-state index in [-0.39, 0.29) is 24.6 Å². The van der Waals surface area contributed by atoms with Gasteiger partial charge >= 0.3 is 12.4 Å². The van der Waals surface area contributed by atoms with E-state index >= 15 is 0 Å². The van der Waals surface area contributed by atoms with Crippen LogP contribution in [0.3, 0.4) is 0 Å². The highest BCUT2D eigenvalue weighted by atomic mass is 19.4. The van der Waals surface area contributed by atoms with Crippen LogP contribution in [0.1, 0.15) is 30.5 Å². The first kappa shape index (κ1) is 20.2. The molecular formula is C17H16F6N4O. The fraction of sp³-hybridized carbons (Fsp3) is 0.588. The van der Waals surface area contributed by atoms with Gasteiger partial charge in [0.2, 0.25) is 5.91 Å². The smallest absolute Gasteiger partial charge is 0.341 e. The first-order chi connectivity index (χ1) is 12.9. The number of piperidine rings is 1. The minimum atomic E-state index is -5.06. The number of pyridine rings is 1. The molecule has 2 bridgehead atoms. The minimum absolute atomic E-state index is 0.0313. The van der Waals surface area contributed by atoms with E-state index in [1.54, 1.807) is 6.07 Å². The molecule has 5 nitrogen and oxygen atoms in total. The zero-order valence-corrected chi connectivity index (χ0v) is 14.7. The van der Waals surface area contributed by atoms with Gasteiger partial charge in [0.25, 0.3) is 0 Å². The predicted octanol–water partition coefficient (Wildman–Crippen LogP) is 3.46. The van der Waals surface area contributed by atoms with Gasteiger partial charge < -0.3 is 9.80 Å². The number of hydrogen-bond donors (Lipinski definition) is 0. The summed E-state index contributed by atoms with van der Waals surface area (Å²) in [5.74, 6) is -1.23. The molecule has 3 rings (SSSR count). The number of alkyl halides is 6. The van der Waals surface area contributed by atoms with Gasteiger partial charge in [-0.3, -0.25) is 4.79 Å². The van der Waals surface area contributed by atoms with Crippen LogP contribution >= 0.6 is 0 Å². The Balaban J connectivity index is 2.07. The number of halogens is 6. The van der Waals surface area contributed by atoms with E-state index in [1.165, 1.54) is 11.9 Å². The summed E-state index contributed by atoms with van der Waals surface area (Å²) in [5.41, 5.74) is -3.12. The fourth-order valence-electron chi connectivity index (χ4n) is 4.00. The lowest BCUT2D eigenvalue weighted by atomic mass is 9.97. The van der Waals surface area contributed by atoms with E-state index in [0.29, 0.717) is 25.3 Å². The van der Waals surface area contributed by atoms with E-state index in [2.05, 4.69) is 4.98 Å². The van der Waals surface area contributed by atoms with E-state index in [0.717, 1.165) is 4.90 Å². The molecule has 3 atom stereocenters. The van der Waals surface area contributed by atoms with E-state index in [4.69, 9.17) is 5.26 Å². The number of carbonyl (C=O) groups excluding carboxylic acids is 1. The van der Waals surface area contributed by atoms with Gasteiger partial charge in [-0.15, -0.1) is 0 Å². The molecule has 0 radical (unpaired) electrons. The Morgan fingerprint density at radius 1 is 1.25 bits per heavy atom. The quantitative estimate of drug-likeness (QED) is 0.570. The molecule has 1 aromatic rings. The molecular weight excluding hydrogens is 390 g/mol. The molecule has 1 aromatic heterocycles. The van der Waals surface area contributed by atoms with Crippen molar-refractivity contribution in [3.8, 4) is 6.07 Å². The summed E-state index contributed by atoms with van der Waals surface area (Å²) < 4.78 is 78.9. The number of aromatic nitrogens is 1. The van der Waals surface area contributed by atoms with Crippen molar-refractivity contribution in [1.29, 1.82) is 5.26 Å². The molecule has 28 heavy (non-hydrogen) atoms. The van der Waals surface area contributed by atoms with Crippen molar-refractivity contribution >= 4 is 11.7 Å². The van der Waals surface area contributed by atoms with Crippen molar-refractivity contribution in [2.75, 3.05) is 18.5 Å². The van der Waals surface area contributed by atoms with Crippen LogP contribution in [0, 0.1) is 17.2 Å². The third kappa shape index (κ3) is 3.59. The highest BCUT2D eigenvalue weighted by Crippen LogP contribution is 2.46. The standard InChI is InChI=1S/C17H16F6N4O/c1-26(5-4-24)15(28)14-9-2-3-11(6-9)27(14)13-8-10(16(18,19)20)7-12(25-13)17(21,22)23/h7-9,11,14H,2-3,5-6H2,1H3/t9-,11+,14-/m0/s1. The zero-order chi connectivity index (χ0) is 20.9. The van der Waals surface area contributed by atoms with Crippen LogP contribution in [0.15, 0.2) is 12.1 Å². The maximum atomic E-state index is 13.2. The monoisotopic (exact) mass is 406 g/mol. The van der Waals surface area contributed by atoms with Gasteiger partial charge in [0.15, 0.2) is 0 Å². The Labute approximate surface area is 156 Å². The molecule has 2 heterocycles. The largest absolute Gasteiger partial charge is 0.433 e. The number of hydrogen-bond acceptors (Lipinski definition) is 4. The summed E-state index contributed by atoms with van der Waals surface area (Å²) in [6, 6.07) is 1.02. The number of likely N-dealkylation sites (N-methyl/N-ethyl adjacent to an activating group) is 1. The summed E-state index contributed by atoms with van der Waals surface area (Å²) in [7, 11) is 1.37. The Bertz CT molecular complexity index is 783. The molecule has 1 aliphatic carbocycles. The normalized spacial score (nSPS) is 24.4. The Morgan fingerprint density at radius 2 is 1.93 bits per heavy atom. The summed E-state index contributed by atoms with van der Waals surface area (Å²) in [6.07, 6.45) is -8.38. The number of anilines is 1. The first-order valence-electron chi connectivity index (χ1n) is 8.50. The van der Waals surface area contributed by atoms with Crippen molar-refractivity contribution in [3.05, 3.63) is 23.4 Å². The van der Waals surface area contributed by atoms with Crippen LogP contribution < -0.4 is 4.90 Å².